The number of ether oxygens (including phenoxy) is 2. The van der Waals surface area contributed by atoms with Crippen molar-refractivity contribution in [1.29, 1.82) is 0 Å². The molecule has 3 heterocycles. The Kier molecular flexibility index (Phi) is 7.40. The molecule has 0 spiro atoms. The second-order valence-electron chi connectivity index (χ2n) is 7.64. The number of aromatic nitrogens is 2. The number of nitro groups is 1. The molecule has 0 saturated carbocycles. The van der Waals surface area contributed by atoms with E-state index in [0.29, 0.717) is 25.5 Å². The Balaban J connectivity index is 1.55. The number of hydrogen-bond donors (Lipinski definition) is 3. The van der Waals surface area contributed by atoms with Crippen molar-refractivity contribution in [1.82, 2.24) is 14.9 Å². The first-order valence-corrected chi connectivity index (χ1v) is 10.8. The number of morpholine rings is 1. The van der Waals surface area contributed by atoms with Crippen LogP contribution < -0.4 is 21.1 Å². The van der Waals surface area contributed by atoms with Crippen LogP contribution in [0.25, 0.3) is 0 Å². The molecule has 0 aliphatic carbocycles. The van der Waals surface area contributed by atoms with Gasteiger partial charge >= 0.3 is 5.69 Å². The van der Waals surface area contributed by atoms with Crippen molar-refractivity contribution in [2.75, 3.05) is 56.3 Å². The lowest BCUT2D eigenvalue weighted by Crippen LogP contribution is -2.41. The summed E-state index contributed by atoms with van der Waals surface area (Å²) in [4.78, 5) is 21.7. The first-order chi connectivity index (χ1) is 16.5. The fourth-order valence-electron chi connectivity index (χ4n) is 3.80. The number of nitrogens with one attached hydrogen (secondary N) is 2. The molecule has 1 aliphatic rings. The van der Waals surface area contributed by atoms with E-state index in [1.807, 2.05) is 24.3 Å². The van der Waals surface area contributed by atoms with Crippen LogP contribution in [0.5, 0.6) is 5.75 Å². The zero-order valence-corrected chi connectivity index (χ0v) is 18.8. The predicted octanol–water partition coefficient (Wildman–Crippen LogP) is 2.67. The summed E-state index contributed by atoms with van der Waals surface area (Å²) < 4.78 is 16.1. The Bertz CT molecular complexity index is 1090. The lowest BCUT2D eigenvalue weighted by atomic mass is 10.0. The molecule has 12 nitrogen and oxygen atoms in total. The fourth-order valence-corrected chi connectivity index (χ4v) is 3.80. The molecule has 1 aliphatic heterocycles. The third kappa shape index (κ3) is 5.53. The lowest BCUT2D eigenvalue weighted by Gasteiger charge is -2.35. The van der Waals surface area contributed by atoms with Crippen LogP contribution in [0.4, 0.5) is 23.3 Å². The van der Waals surface area contributed by atoms with Crippen molar-refractivity contribution in [2.45, 2.75) is 12.6 Å². The molecule has 1 aromatic carbocycles. The lowest BCUT2D eigenvalue weighted by molar-refractivity contribution is -0.383. The summed E-state index contributed by atoms with van der Waals surface area (Å²) in [7, 11) is 1.63. The molecule has 0 radical (unpaired) electrons. The van der Waals surface area contributed by atoms with Gasteiger partial charge in [0, 0.05) is 19.6 Å². The topological polar surface area (TPSA) is 154 Å². The molecular formula is C22H27N7O5. The summed E-state index contributed by atoms with van der Waals surface area (Å²) in [5.74, 6) is 1.36. The van der Waals surface area contributed by atoms with Gasteiger partial charge in [-0.15, -0.1) is 0 Å². The summed E-state index contributed by atoms with van der Waals surface area (Å²) in [5, 5.41) is 17.7. The molecule has 0 bridgehead atoms. The molecule has 34 heavy (non-hydrogen) atoms. The van der Waals surface area contributed by atoms with E-state index < -0.39 is 4.92 Å². The van der Waals surface area contributed by atoms with Gasteiger partial charge in [0.1, 0.15) is 11.5 Å². The van der Waals surface area contributed by atoms with Gasteiger partial charge in [0.2, 0.25) is 17.6 Å². The number of furan rings is 1. The van der Waals surface area contributed by atoms with Crippen molar-refractivity contribution < 1.29 is 18.8 Å². The Labute approximate surface area is 196 Å². The second kappa shape index (κ2) is 10.8. The summed E-state index contributed by atoms with van der Waals surface area (Å²) in [6, 6.07) is 11.3. The number of nitrogens with two attached hydrogens (primary N) is 1. The van der Waals surface area contributed by atoms with Gasteiger partial charge in [0.25, 0.3) is 0 Å². The average molecular weight is 470 g/mol. The Morgan fingerprint density at radius 2 is 1.97 bits per heavy atom. The smallest absolute Gasteiger partial charge is 0.353 e. The maximum atomic E-state index is 11.6. The molecule has 12 heteroatoms. The molecule has 4 N–H and O–H groups in total. The maximum Gasteiger partial charge on any atom is 0.353 e. The van der Waals surface area contributed by atoms with Crippen LogP contribution in [0.15, 0.2) is 47.1 Å². The highest BCUT2D eigenvalue weighted by Crippen LogP contribution is 2.30. The highest BCUT2D eigenvalue weighted by Gasteiger charge is 2.26. The fraction of sp³-hybridized carbons (Fsp3) is 0.364. The number of nitrogens with zero attached hydrogens (tertiary/aromatic N) is 4. The van der Waals surface area contributed by atoms with Crippen molar-refractivity contribution in [3.63, 3.8) is 0 Å². The molecule has 1 saturated heterocycles. The van der Waals surface area contributed by atoms with Crippen LogP contribution in [0, 0.1) is 10.1 Å². The van der Waals surface area contributed by atoms with Crippen LogP contribution in [0.2, 0.25) is 0 Å². The number of methoxy groups -OCH3 is 1. The van der Waals surface area contributed by atoms with E-state index in [-0.39, 0.29) is 35.9 Å². The molecule has 1 unspecified atom stereocenters. The molecule has 4 rings (SSSR count). The number of rotatable bonds is 10. The summed E-state index contributed by atoms with van der Waals surface area (Å²) in [5.41, 5.74) is 6.63. The third-order valence-corrected chi connectivity index (χ3v) is 5.54. The van der Waals surface area contributed by atoms with Gasteiger partial charge in [-0.3, -0.25) is 15.0 Å². The van der Waals surface area contributed by atoms with Crippen molar-refractivity contribution in [2.24, 2.45) is 0 Å². The van der Waals surface area contributed by atoms with E-state index in [4.69, 9.17) is 19.6 Å². The average Bonchev–Trinajstić information content (AvgIpc) is 3.37. The van der Waals surface area contributed by atoms with Crippen LogP contribution in [0.3, 0.4) is 0 Å². The van der Waals surface area contributed by atoms with Gasteiger partial charge < -0.3 is 30.3 Å². The van der Waals surface area contributed by atoms with Gasteiger partial charge in [-0.05, 0) is 29.8 Å². The first-order valence-electron chi connectivity index (χ1n) is 10.8. The monoisotopic (exact) mass is 469 g/mol. The van der Waals surface area contributed by atoms with Gasteiger partial charge in [-0.2, -0.15) is 9.97 Å². The van der Waals surface area contributed by atoms with Crippen LogP contribution >= 0.6 is 0 Å². The first kappa shape index (κ1) is 23.3. The van der Waals surface area contributed by atoms with Gasteiger partial charge in [0.15, 0.2) is 0 Å². The van der Waals surface area contributed by atoms with Gasteiger partial charge in [-0.25, -0.2) is 0 Å². The molecular weight excluding hydrogens is 442 g/mol. The predicted molar refractivity (Wildman–Crippen MR) is 126 cm³/mol. The van der Waals surface area contributed by atoms with E-state index >= 15 is 0 Å². The minimum absolute atomic E-state index is 0.00523. The second-order valence-corrected chi connectivity index (χ2v) is 7.64. The highest BCUT2D eigenvalue weighted by atomic mass is 16.6. The molecule has 2 aromatic heterocycles. The van der Waals surface area contributed by atoms with Crippen molar-refractivity contribution in [3.05, 3.63) is 64.1 Å². The standard InChI is InChI=1S/C22H27N7O5/c1-32-16-6-4-15(5-7-16)18(28-8-11-33-12-9-28)14-25-22-26-20(23)19(29(30)31)21(27-22)24-13-17-3-2-10-34-17/h2-7,10,18H,8-9,11-14H2,1H3,(H4,23,24,25,26,27). The number of hydrogen-bond acceptors (Lipinski definition) is 11. The van der Waals surface area contributed by atoms with Crippen LogP contribution in [-0.4, -0.2) is 59.7 Å². The number of nitrogen functional groups attached to an aromatic ring is 1. The Morgan fingerprint density at radius 3 is 2.62 bits per heavy atom. The van der Waals surface area contributed by atoms with Gasteiger partial charge in [0.05, 0.1) is 44.1 Å². The normalized spacial score (nSPS) is 15.0. The Morgan fingerprint density at radius 1 is 1.21 bits per heavy atom. The van der Waals surface area contributed by atoms with Crippen LogP contribution in [-0.2, 0) is 11.3 Å². The van der Waals surface area contributed by atoms with E-state index in [2.05, 4.69) is 25.5 Å². The zero-order chi connectivity index (χ0) is 23.9. The molecule has 0 amide bonds. The molecule has 1 atom stereocenters. The van der Waals surface area contributed by atoms with E-state index in [1.54, 1.807) is 19.2 Å². The van der Waals surface area contributed by atoms with Crippen molar-refractivity contribution in [3.8, 4) is 5.75 Å². The summed E-state index contributed by atoms with van der Waals surface area (Å²) in [6.07, 6.45) is 1.53. The summed E-state index contributed by atoms with van der Waals surface area (Å²) >= 11 is 0. The quantitative estimate of drug-likeness (QED) is 0.296. The van der Waals surface area contributed by atoms with E-state index in [0.717, 1.165) is 24.4 Å². The van der Waals surface area contributed by atoms with Gasteiger partial charge in [-0.1, -0.05) is 12.1 Å². The minimum Gasteiger partial charge on any atom is -0.497 e. The number of benzene rings is 1. The zero-order valence-electron chi connectivity index (χ0n) is 18.8. The van der Waals surface area contributed by atoms with E-state index in [9.17, 15) is 10.1 Å². The molecule has 180 valence electrons. The number of anilines is 3. The molecule has 1 fully saturated rings. The minimum atomic E-state index is -0.600. The SMILES string of the molecule is COc1ccc(C(CNc2nc(N)c([N+](=O)[O-])c(NCc3ccco3)n2)N2CCOCC2)cc1. The Hall–Kier alpha value is -3.90. The summed E-state index contributed by atoms with van der Waals surface area (Å²) in [6.45, 7) is 3.52. The van der Waals surface area contributed by atoms with Crippen LogP contribution in [0.1, 0.15) is 17.4 Å². The molecule has 3 aromatic rings. The largest absolute Gasteiger partial charge is 0.497 e. The van der Waals surface area contributed by atoms with Crippen molar-refractivity contribution >= 4 is 23.3 Å². The van der Waals surface area contributed by atoms with E-state index in [1.165, 1.54) is 6.26 Å². The maximum absolute atomic E-state index is 11.6. The third-order valence-electron chi connectivity index (χ3n) is 5.54. The highest BCUT2D eigenvalue weighted by molar-refractivity contribution is 5.69.